The van der Waals surface area contributed by atoms with Gasteiger partial charge in [0.05, 0.1) is 22.8 Å². The summed E-state index contributed by atoms with van der Waals surface area (Å²) in [5.41, 5.74) is 15.3. The molecule has 8 bridgehead atoms. The van der Waals surface area contributed by atoms with Crippen LogP contribution in [0.5, 0.6) is 0 Å². The summed E-state index contributed by atoms with van der Waals surface area (Å²) >= 11 is 0. The van der Waals surface area contributed by atoms with Crippen LogP contribution in [0, 0.1) is 0 Å². The van der Waals surface area contributed by atoms with Gasteiger partial charge in [-0.15, -0.1) is 22.1 Å². The van der Waals surface area contributed by atoms with Crippen LogP contribution in [-0.4, -0.2) is 24.9 Å². The first-order valence-corrected chi connectivity index (χ1v) is 18.3. The van der Waals surface area contributed by atoms with Gasteiger partial charge in [-0.05, 0) is 117 Å². The Hall–Kier alpha value is -6.37. The number of hydrogen-bond donors (Lipinski definition) is 0. The summed E-state index contributed by atoms with van der Waals surface area (Å²) in [5.74, 6) is 0. The van der Waals surface area contributed by atoms with Gasteiger partial charge in [0, 0.05) is 37.2 Å². The van der Waals surface area contributed by atoms with Gasteiger partial charge in [0.1, 0.15) is 0 Å². The third-order valence-corrected chi connectivity index (χ3v) is 9.75. The van der Waals surface area contributed by atoms with E-state index in [9.17, 15) is 0 Å². The quantitative estimate of drug-likeness (QED) is 0.112. The molecule has 1 aromatic carbocycles. The average Bonchev–Trinajstić information content (AvgIpc) is 4.06. The SMILES string of the molecule is CCCC/C=C/c1ccc(-c2c3nc(c(-c4ccncc4)c4ccc([n-]4)c(-c4ccncc4)c4nc(c(-c5ccncc5)c5ccc2[n-]5)C=C4)C=C3)cc1.[Zn+2]. The maximum atomic E-state index is 5.35. The number of nitrogens with zero attached hydrogens (tertiary/aromatic N) is 7. The monoisotopic (exact) mass is 761 g/mol. The largest absolute Gasteiger partial charge is 2.00 e. The molecule has 0 aliphatic carbocycles. The van der Waals surface area contributed by atoms with Gasteiger partial charge >= 0.3 is 19.5 Å². The zero-order valence-corrected chi connectivity index (χ0v) is 33.4. The first kappa shape index (κ1) is 35.7. The van der Waals surface area contributed by atoms with E-state index >= 15 is 0 Å². The van der Waals surface area contributed by atoms with Crippen LogP contribution in [0.15, 0.2) is 128 Å². The third-order valence-electron chi connectivity index (χ3n) is 9.75. The third kappa shape index (κ3) is 7.17. The fraction of sp³-hybridized carbons (Fsp3) is 0.0851. The van der Waals surface area contributed by atoms with Gasteiger partial charge in [0.15, 0.2) is 0 Å². The number of unbranched alkanes of at least 4 members (excludes halogenated alkanes) is 2. The van der Waals surface area contributed by atoms with Crippen LogP contribution in [-0.2, 0) is 19.5 Å². The van der Waals surface area contributed by atoms with E-state index in [1.807, 2.05) is 36.4 Å². The number of pyridine rings is 3. The molecule has 0 fully saturated rings. The summed E-state index contributed by atoms with van der Waals surface area (Å²) in [6.45, 7) is 2.22. The van der Waals surface area contributed by atoms with Crippen molar-refractivity contribution >= 4 is 52.4 Å². The first-order chi connectivity index (χ1) is 26.7. The molecule has 0 unspecified atom stereocenters. The van der Waals surface area contributed by atoms with Crippen molar-refractivity contribution in [1.29, 1.82) is 0 Å². The number of hydrogen-bond acceptors (Lipinski definition) is 5. The minimum Gasteiger partial charge on any atom is -0.657 e. The maximum Gasteiger partial charge on any atom is 2.00 e. The fourth-order valence-corrected chi connectivity index (χ4v) is 7.13. The van der Waals surface area contributed by atoms with E-state index in [0.717, 1.165) is 101 Å². The molecular formula is C47H35N7Zn. The minimum atomic E-state index is 0. The fourth-order valence-electron chi connectivity index (χ4n) is 7.13. The van der Waals surface area contributed by atoms with E-state index in [4.69, 9.17) is 19.9 Å². The number of benzene rings is 1. The van der Waals surface area contributed by atoms with E-state index in [0.29, 0.717) is 0 Å². The van der Waals surface area contributed by atoms with Gasteiger partial charge in [-0.25, -0.2) is 9.97 Å². The molecule has 8 heterocycles. The van der Waals surface area contributed by atoms with Crippen molar-refractivity contribution < 1.29 is 19.5 Å². The van der Waals surface area contributed by atoms with Crippen LogP contribution in [0.3, 0.4) is 0 Å². The van der Waals surface area contributed by atoms with Crippen molar-refractivity contribution in [3.05, 3.63) is 157 Å². The number of aromatic nitrogens is 7. The van der Waals surface area contributed by atoms with Gasteiger partial charge in [-0.1, -0.05) is 80.4 Å². The smallest absolute Gasteiger partial charge is 0.657 e. The Kier molecular flexibility index (Phi) is 10.3. The molecule has 0 saturated carbocycles. The summed E-state index contributed by atoms with van der Waals surface area (Å²) in [6.07, 6.45) is 27.0. The predicted molar refractivity (Wildman–Crippen MR) is 220 cm³/mol. The Morgan fingerprint density at radius 2 is 0.800 bits per heavy atom. The molecule has 0 spiro atoms. The number of rotatable bonds is 8. The molecule has 7 nitrogen and oxygen atoms in total. The van der Waals surface area contributed by atoms with Crippen molar-refractivity contribution in [2.45, 2.75) is 26.2 Å². The molecule has 2 aliphatic heterocycles. The number of fused-ring (bicyclic) bond motifs is 8. The summed E-state index contributed by atoms with van der Waals surface area (Å²) in [4.78, 5) is 34.2. The summed E-state index contributed by atoms with van der Waals surface area (Å²) in [5, 5.41) is 0. The van der Waals surface area contributed by atoms with E-state index in [1.54, 1.807) is 37.2 Å². The van der Waals surface area contributed by atoms with Crippen molar-refractivity contribution in [2.24, 2.45) is 0 Å². The summed E-state index contributed by atoms with van der Waals surface area (Å²) in [6, 6.07) is 29.0. The van der Waals surface area contributed by atoms with Gasteiger partial charge in [-0.3, -0.25) is 15.0 Å². The molecule has 0 atom stereocenters. The van der Waals surface area contributed by atoms with Crippen LogP contribution in [0.2, 0.25) is 0 Å². The molecule has 55 heavy (non-hydrogen) atoms. The molecule has 0 radical (unpaired) electrons. The van der Waals surface area contributed by atoms with Gasteiger partial charge in [0.25, 0.3) is 0 Å². The number of allylic oxidation sites excluding steroid dienone is 1. The van der Waals surface area contributed by atoms with Crippen LogP contribution in [0.4, 0.5) is 0 Å². The Labute approximate surface area is 332 Å². The average molecular weight is 763 g/mol. The van der Waals surface area contributed by atoms with Crippen molar-refractivity contribution in [3.63, 3.8) is 0 Å². The standard InChI is InChI=1S/C47H35N7.Zn/c1-2-3-4-5-6-31-7-9-32(10-8-31)44-36-11-13-38(51-36)45(33-19-25-48-26-20-33)40-15-17-42(53-40)47(35-23-29-50-30-24-35)43-18-16-41(54-43)46(34-21-27-49-28-22-34)39-14-12-37(44)52-39;/h5-30H,2-4H2,1H3;/q-2;+2/b6-5+,44-36?,44-37?,45-38?,45-40?,46-39?,46-41?,47-42?,47-43?;. The summed E-state index contributed by atoms with van der Waals surface area (Å²) < 4.78 is 0. The minimum absolute atomic E-state index is 0. The topological polar surface area (TPSA) is 92.7 Å². The second-order valence-corrected chi connectivity index (χ2v) is 13.2. The second kappa shape index (κ2) is 15.9. The molecular weight excluding hydrogens is 728 g/mol. The molecule has 2 aliphatic rings. The van der Waals surface area contributed by atoms with Gasteiger partial charge in [0.2, 0.25) is 0 Å². The molecule has 6 aromatic heterocycles. The Morgan fingerprint density at radius 1 is 0.455 bits per heavy atom. The van der Waals surface area contributed by atoms with Crippen molar-refractivity contribution in [3.8, 4) is 44.5 Å². The van der Waals surface area contributed by atoms with Crippen LogP contribution < -0.4 is 9.97 Å². The molecule has 9 rings (SSSR count). The van der Waals surface area contributed by atoms with E-state index in [1.165, 1.54) is 12.8 Å². The Balaban J connectivity index is 0.00000427. The Morgan fingerprint density at radius 3 is 1.15 bits per heavy atom. The zero-order chi connectivity index (χ0) is 36.3. The van der Waals surface area contributed by atoms with E-state index < -0.39 is 0 Å². The Bertz CT molecular complexity index is 2690. The van der Waals surface area contributed by atoms with Gasteiger partial charge in [-0.2, -0.15) is 0 Å². The predicted octanol–water partition coefficient (Wildman–Crippen LogP) is 11.0. The van der Waals surface area contributed by atoms with Gasteiger partial charge < -0.3 is 9.97 Å². The summed E-state index contributed by atoms with van der Waals surface area (Å²) in [7, 11) is 0. The molecule has 260 valence electrons. The van der Waals surface area contributed by atoms with Crippen molar-refractivity contribution in [1.82, 2.24) is 34.9 Å². The van der Waals surface area contributed by atoms with Crippen LogP contribution in [0.1, 0.15) is 54.5 Å². The molecule has 7 aromatic rings. The normalized spacial score (nSPS) is 11.9. The van der Waals surface area contributed by atoms with E-state index in [-0.39, 0.29) is 19.5 Å². The molecule has 0 N–H and O–H groups in total. The first-order valence-electron chi connectivity index (χ1n) is 18.3. The van der Waals surface area contributed by atoms with Crippen LogP contribution in [0.25, 0.3) is 97.0 Å². The zero-order valence-electron chi connectivity index (χ0n) is 30.5. The van der Waals surface area contributed by atoms with Crippen molar-refractivity contribution in [2.75, 3.05) is 0 Å². The molecule has 0 amide bonds. The van der Waals surface area contributed by atoms with E-state index in [2.05, 4.69) is 107 Å². The molecule has 0 saturated heterocycles. The van der Waals surface area contributed by atoms with Crippen LogP contribution >= 0.6 is 0 Å². The maximum absolute atomic E-state index is 5.35. The molecule has 8 heteroatoms. The second-order valence-electron chi connectivity index (χ2n) is 13.2.